The second-order valence-electron chi connectivity index (χ2n) is 8.20. The molecule has 0 saturated carbocycles. The summed E-state index contributed by atoms with van der Waals surface area (Å²) >= 11 is 5.61. The van der Waals surface area contributed by atoms with E-state index in [0.717, 1.165) is 0 Å². The van der Waals surface area contributed by atoms with Crippen LogP contribution in [0, 0.1) is 4.84 Å². The number of nitrogens with one attached hydrogen (secondary N) is 1. The molecule has 1 amide bonds. The fourth-order valence-electron chi connectivity index (χ4n) is 4.55. The molecule has 9 nitrogen and oxygen atoms in total. The van der Waals surface area contributed by atoms with Gasteiger partial charge in [0.2, 0.25) is 12.2 Å². The number of hydrogen-bond acceptors (Lipinski definition) is 8. The smallest absolute Gasteiger partial charge is 0.303 e. The molecule has 0 bridgehead atoms. The van der Waals surface area contributed by atoms with Gasteiger partial charge in [0.15, 0.2) is 17.3 Å². The lowest BCUT2D eigenvalue weighted by molar-refractivity contribution is -0.244. The van der Waals surface area contributed by atoms with Crippen LogP contribution in [0.25, 0.3) is 11.1 Å². The molecule has 0 radical (unpaired) electrons. The van der Waals surface area contributed by atoms with Crippen LogP contribution in [0.5, 0.6) is 5.75 Å². The lowest BCUT2D eigenvalue weighted by atomic mass is 9.83. The molecule has 10 heteroatoms. The number of carbonyl (C=O) groups excluding carboxylic acids is 2. The number of hydrogen-bond donors (Lipinski definition) is 1. The highest BCUT2D eigenvalue weighted by atomic mass is 32.1. The highest BCUT2D eigenvalue weighted by Gasteiger charge is 2.56. The van der Waals surface area contributed by atoms with E-state index in [1.807, 2.05) is 24.3 Å². The molecule has 1 aliphatic heterocycles. The van der Waals surface area contributed by atoms with Gasteiger partial charge in [0.1, 0.15) is 11.8 Å². The van der Waals surface area contributed by atoms with E-state index in [2.05, 4.69) is 5.32 Å². The Morgan fingerprint density at radius 3 is 2.50 bits per heavy atom. The van der Waals surface area contributed by atoms with Gasteiger partial charge in [0.05, 0.1) is 5.52 Å². The molecular weight excluding hydrogens is 460 g/mol. The van der Waals surface area contributed by atoms with Crippen LogP contribution >= 0.6 is 12.2 Å². The molecule has 1 aromatic heterocycles. The zero-order chi connectivity index (χ0) is 24.6. The van der Waals surface area contributed by atoms with Gasteiger partial charge >= 0.3 is 5.97 Å². The van der Waals surface area contributed by atoms with E-state index in [9.17, 15) is 9.59 Å². The predicted molar refractivity (Wildman–Crippen MR) is 126 cm³/mol. The van der Waals surface area contributed by atoms with E-state index < -0.39 is 30.0 Å². The zero-order valence-electron chi connectivity index (χ0n) is 19.5. The summed E-state index contributed by atoms with van der Waals surface area (Å²) in [6.45, 7) is 4.50. The first kappa shape index (κ1) is 23.9. The second kappa shape index (κ2) is 9.21. The number of benzene rings is 2. The molecule has 180 valence electrons. The number of amides is 1. The highest BCUT2D eigenvalue weighted by molar-refractivity contribution is 7.71. The van der Waals surface area contributed by atoms with Gasteiger partial charge in [-0.2, -0.15) is 0 Å². The number of fused-ring (bicyclic) bond motifs is 2. The van der Waals surface area contributed by atoms with Gasteiger partial charge in [-0.1, -0.05) is 12.1 Å². The van der Waals surface area contributed by atoms with Gasteiger partial charge in [-0.05, 0) is 49.5 Å². The summed E-state index contributed by atoms with van der Waals surface area (Å²) in [4.78, 5) is 24.2. The average molecular weight is 487 g/mol. The van der Waals surface area contributed by atoms with Crippen LogP contribution < -0.4 is 10.1 Å². The minimum Gasteiger partial charge on any atom is -0.478 e. The van der Waals surface area contributed by atoms with E-state index in [-0.39, 0.29) is 10.7 Å². The third kappa shape index (κ3) is 4.08. The Hall–Kier alpha value is -3.21. The van der Waals surface area contributed by atoms with Crippen molar-refractivity contribution in [2.24, 2.45) is 0 Å². The van der Waals surface area contributed by atoms with Gasteiger partial charge in [0, 0.05) is 39.3 Å². The van der Waals surface area contributed by atoms with Crippen LogP contribution in [0.4, 0.5) is 5.69 Å². The van der Waals surface area contributed by atoms with Crippen molar-refractivity contribution >= 4 is 40.9 Å². The quantitative estimate of drug-likeness (QED) is 0.314. The Morgan fingerprint density at radius 1 is 1.15 bits per heavy atom. The Morgan fingerprint density at radius 2 is 1.85 bits per heavy atom. The van der Waals surface area contributed by atoms with E-state index in [1.54, 1.807) is 29.7 Å². The number of oxazole rings is 1. The van der Waals surface area contributed by atoms with Gasteiger partial charge < -0.3 is 28.7 Å². The van der Waals surface area contributed by atoms with Gasteiger partial charge in [-0.3, -0.25) is 14.2 Å². The molecule has 1 N–H and O–H groups in total. The fraction of sp³-hybridized carbons (Fsp3) is 0.375. The molecule has 1 aliphatic rings. The van der Waals surface area contributed by atoms with E-state index in [4.69, 9.17) is 35.6 Å². The predicted octanol–water partition coefficient (Wildman–Crippen LogP) is 4.21. The van der Waals surface area contributed by atoms with Crippen molar-refractivity contribution in [3.05, 3.63) is 52.9 Å². The maximum atomic E-state index is 12.3. The topological polar surface area (TPSA) is 101 Å². The lowest BCUT2D eigenvalue weighted by Gasteiger charge is -2.48. The van der Waals surface area contributed by atoms with E-state index in [1.165, 1.54) is 28.1 Å². The van der Waals surface area contributed by atoms with Gasteiger partial charge in [-0.15, -0.1) is 0 Å². The molecule has 2 aromatic carbocycles. The number of anilines is 1. The zero-order valence-corrected chi connectivity index (χ0v) is 20.3. The monoisotopic (exact) mass is 486 g/mol. The van der Waals surface area contributed by atoms with Crippen LogP contribution in [0.2, 0.25) is 0 Å². The molecule has 3 aromatic rings. The Balaban J connectivity index is 2.04. The maximum absolute atomic E-state index is 12.3. The van der Waals surface area contributed by atoms with E-state index >= 15 is 0 Å². The molecule has 0 aliphatic carbocycles. The Labute approximate surface area is 201 Å². The molecular formula is C24H26N2O7S. The Kier molecular flexibility index (Phi) is 6.48. The third-order valence-corrected chi connectivity index (χ3v) is 6.10. The number of carbonyl (C=O) groups is 2. The molecule has 4 rings (SSSR count). The van der Waals surface area contributed by atoms with Crippen molar-refractivity contribution in [2.45, 2.75) is 44.8 Å². The number of rotatable bonds is 6. The molecule has 0 unspecified atom stereocenters. The van der Waals surface area contributed by atoms with Crippen LogP contribution in [0.15, 0.2) is 46.9 Å². The normalized spacial score (nSPS) is 21.7. The molecule has 2 heterocycles. The third-order valence-electron chi connectivity index (χ3n) is 5.82. The van der Waals surface area contributed by atoms with Gasteiger partial charge in [-0.25, -0.2) is 0 Å². The first-order valence-corrected chi connectivity index (χ1v) is 11.0. The number of esters is 1. The first-order chi connectivity index (χ1) is 16.2. The summed E-state index contributed by atoms with van der Waals surface area (Å²) in [7, 11) is 2.97. The molecule has 0 saturated heterocycles. The Bertz CT molecular complexity index is 1300. The highest BCUT2D eigenvalue weighted by Crippen LogP contribution is 2.47. The van der Waals surface area contributed by atoms with Gasteiger partial charge in [0.25, 0.3) is 4.84 Å². The second-order valence-corrected chi connectivity index (χ2v) is 8.55. The molecule has 3 atom stereocenters. The summed E-state index contributed by atoms with van der Waals surface area (Å²) < 4.78 is 31.1. The minimum atomic E-state index is -1.27. The summed E-state index contributed by atoms with van der Waals surface area (Å²) in [5, 5.41) is 2.78. The van der Waals surface area contributed by atoms with Crippen LogP contribution in [0.1, 0.15) is 32.4 Å². The number of nitrogens with zero attached hydrogens (tertiary/aromatic N) is 1. The van der Waals surface area contributed by atoms with Crippen molar-refractivity contribution in [3.8, 4) is 5.75 Å². The maximum Gasteiger partial charge on any atom is 0.303 e. The van der Waals surface area contributed by atoms with E-state index in [0.29, 0.717) is 28.1 Å². The van der Waals surface area contributed by atoms with Crippen LogP contribution in [0.3, 0.4) is 0 Å². The fourth-order valence-corrected chi connectivity index (χ4v) is 4.86. The van der Waals surface area contributed by atoms with Crippen molar-refractivity contribution in [1.82, 2.24) is 4.57 Å². The van der Waals surface area contributed by atoms with Crippen molar-refractivity contribution in [1.29, 1.82) is 0 Å². The lowest BCUT2D eigenvalue weighted by Crippen LogP contribution is -2.62. The number of methoxy groups -OCH3 is 2. The number of aromatic nitrogens is 1. The largest absolute Gasteiger partial charge is 0.478 e. The summed E-state index contributed by atoms with van der Waals surface area (Å²) in [6.07, 6.45) is -1.84. The van der Waals surface area contributed by atoms with Crippen LogP contribution in [-0.2, 0) is 23.8 Å². The summed E-state index contributed by atoms with van der Waals surface area (Å²) in [5.74, 6) is -0.244. The standard InChI is InChI=1S/C24H26N2O7S/c1-13(27)25-15-10-11-18-16(12-15)20(26-17-8-6-7-9-19(17)32-23(26)34)21(31-14(2)28)24(3,33-18)22(29-4)30-5/h6-12,20-22H,1-5H3,(H,25,27)/t20-,21+,24+/m0/s1. The van der Waals surface area contributed by atoms with Crippen molar-refractivity contribution in [2.75, 3.05) is 19.5 Å². The first-order valence-electron chi connectivity index (χ1n) is 10.6. The molecule has 0 fully saturated rings. The SMILES string of the molecule is COC(OC)[C@]1(C)Oc2ccc(NC(C)=O)cc2[C@H](n2c(=S)oc3ccccc32)[C@H]1OC(C)=O. The van der Waals surface area contributed by atoms with Crippen molar-refractivity contribution < 1.29 is 33.0 Å². The molecule has 0 spiro atoms. The number of ether oxygens (including phenoxy) is 4. The average Bonchev–Trinajstić information content (AvgIpc) is 3.10. The summed E-state index contributed by atoms with van der Waals surface area (Å²) in [6, 6.07) is 11.9. The number of para-hydroxylation sites is 2. The molecule has 34 heavy (non-hydrogen) atoms. The van der Waals surface area contributed by atoms with Crippen LogP contribution in [-0.4, -0.2) is 48.7 Å². The minimum absolute atomic E-state index is 0.190. The summed E-state index contributed by atoms with van der Waals surface area (Å²) in [5.41, 5.74) is 1.22. The van der Waals surface area contributed by atoms with Crippen molar-refractivity contribution in [3.63, 3.8) is 0 Å².